The number of aromatic nitrogens is 1. The minimum atomic E-state index is -0.248. The largest absolute Gasteiger partial charge is 0.374 e. The van der Waals surface area contributed by atoms with Crippen LogP contribution in [0.15, 0.2) is 42.6 Å². The van der Waals surface area contributed by atoms with Crippen LogP contribution in [0.4, 0.5) is 10.1 Å². The minimum Gasteiger partial charge on any atom is -0.374 e. The lowest BCUT2D eigenvalue weighted by Crippen LogP contribution is -2.21. The molecule has 0 saturated carbocycles. The Morgan fingerprint density at radius 3 is 2.79 bits per heavy atom. The molecule has 0 aliphatic heterocycles. The summed E-state index contributed by atoms with van der Waals surface area (Å²) in [7, 11) is 1.94. The molecule has 0 spiro atoms. The predicted molar refractivity (Wildman–Crippen MR) is 75.5 cm³/mol. The van der Waals surface area contributed by atoms with Crippen LogP contribution in [0.3, 0.4) is 0 Å². The number of pyridine rings is 1. The van der Waals surface area contributed by atoms with E-state index in [0.717, 1.165) is 29.9 Å². The summed E-state index contributed by atoms with van der Waals surface area (Å²) in [5.41, 5.74) is 8.24. The maximum Gasteiger partial charge on any atom is 0.125 e. The van der Waals surface area contributed by atoms with Crippen LogP contribution < -0.4 is 10.6 Å². The Morgan fingerprint density at radius 1 is 1.26 bits per heavy atom. The maximum atomic E-state index is 13.4. The van der Waals surface area contributed by atoms with Crippen LogP contribution in [-0.4, -0.2) is 18.6 Å². The Bertz CT molecular complexity index is 528. The van der Waals surface area contributed by atoms with Gasteiger partial charge in [-0.1, -0.05) is 6.07 Å². The smallest absolute Gasteiger partial charge is 0.125 e. The van der Waals surface area contributed by atoms with Crippen LogP contribution in [0.25, 0.3) is 0 Å². The molecule has 3 nitrogen and oxygen atoms in total. The van der Waals surface area contributed by atoms with E-state index in [0.29, 0.717) is 6.54 Å². The molecule has 0 atom stereocenters. The van der Waals surface area contributed by atoms with Crippen molar-refractivity contribution in [2.75, 3.05) is 18.5 Å². The highest BCUT2D eigenvalue weighted by atomic mass is 19.1. The van der Waals surface area contributed by atoms with Crippen LogP contribution in [0.1, 0.15) is 11.3 Å². The fourth-order valence-corrected chi connectivity index (χ4v) is 1.93. The van der Waals surface area contributed by atoms with Crippen LogP contribution in [0.5, 0.6) is 0 Å². The van der Waals surface area contributed by atoms with Gasteiger partial charge in [-0.15, -0.1) is 0 Å². The fourth-order valence-electron chi connectivity index (χ4n) is 1.93. The van der Waals surface area contributed by atoms with Gasteiger partial charge in [0, 0.05) is 44.1 Å². The Balaban J connectivity index is 2.03. The van der Waals surface area contributed by atoms with Gasteiger partial charge in [-0.2, -0.15) is 0 Å². The van der Waals surface area contributed by atoms with Gasteiger partial charge < -0.3 is 10.6 Å². The van der Waals surface area contributed by atoms with Gasteiger partial charge >= 0.3 is 0 Å². The van der Waals surface area contributed by atoms with E-state index in [1.54, 1.807) is 6.20 Å². The molecule has 0 bridgehead atoms. The number of nitrogens with zero attached hydrogens (tertiary/aromatic N) is 2. The summed E-state index contributed by atoms with van der Waals surface area (Å²) in [5, 5.41) is 0. The third-order valence-corrected chi connectivity index (χ3v) is 3.05. The van der Waals surface area contributed by atoms with Crippen LogP contribution in [0, 0.1) is 5.82 Å². The van der Waals surface area contributed by atoms with Crippen molar-refractivity contribution < 1.29 is 4.39 Å². The van der Waals surface area contributed by atoms with Crippen molar-refractivity contribution in [3.8, 4) is 0 Å². The normalized spacial score (nSPS) is 10.5. The highest BCUT2D eigenvalue weighted by Gasteiger charge is 2.05. The van der Waals surface area contributed by atoms with Crippen molar-refractivity contribution in [1.82, 2.24) is 4.98 Å². The van der Waals surface area contributed by atoms with Crippen LogP contribution >= 0.6 is 0 Å². The van der Waals surface area contributed by atoms with E-state index >= 15 is 0 Å². The second kappa shape index (κ2) is 6.29. The van der Waals surface area contributed by atoms with Gasteiger partial charge in [0.25, 0.3) is 0 Å². The van der Waals surface area contributed by atoms with Crippen LogP contribution in [-0.2, 0) is 13.0 Å². The van der Waals surface area contributed by atoms with E-state index in [1.165, 1.54) is 12.1 Å². The van der Waals surface area contributed by atoms with Gasteiger partial charge in [0.15, 0.2) is 0 Å². The first kappa shape index (κ1) is 13.5. The maximum absolute atomic E-state index is 13.4. The summed E-state index contributed by atoms with van der Waals surface area (Å²) in [4.78, 5) is 6.29. The van der Waals surface area contributed by atoms with E-state index in [9.17, 15) is 4.39 Å². The number of nitrogens with two attached hydrogens (primary N) is 1. The van der Waals surface area contributed by atoms with Crippen molar-refractivity contribution in [2.45, 2.75) is 13.0 Å². The van der Waals surface area contributed by atoms with Crippen molar-refractivity contribution in [3.63, 3.8) is 0 Å². The first-order valence-corrected chi connectivity index (χ1v) is 6.29. The summed E-state index contributed by atoms with van der Waals surface area (Å²) in [6, 6.07) is 10.8. The average molecular weight is 259 g/mol. The van der Waals surface area contributed by atoms with E-state index < -0.39 is 0 Å². The van der Waals surface area contributed by atoms with E-state index in [-0.39, 0.29) is 5.82 Å². The van der Waals surface area contributed by atoms with Crippen molar-refractivity contribution in [2.24, 2.45) is 5.73 Å². The molecule has 0 saturated heterocycles. The van der Waals surface area contributed by atoms with E-state index in [1.807, 2.05) is 36.2 Å². The quantitative estimate of drug-likeness (QED) is 0.896. The number of benzene rings is 1. The molecule has 0 unspecified atom stereocenters. The SMILES string of the molecule is CN(CCc1ccccn1)c1cc(F)cc(CN)c1. The van der Waals surface area contributed by atoms with Gasteiger partial charge in [0.05, 0.1) is 0 Å². The molecule has 2 N–H and O–H groups in total. The molecule has 4 heteroatoms. The summed E-state index contributed by atoms with van der Waals surface area (Å²) in [5.74, 6) is -0.248. The van der Waals surface area contributed by atoms with Gasteiger partial charge in [0.1, 0.15) is 5.82 Å². The molecule has 19 heavy (non-hydrogen) atoms. The van der Waals surface area contributed by atoms with E-state index in [2.05, 4.69) is 4.98 Å². The molecule has 100 valence electrons. The van der Waals surface area contributed by atoms with Crippen LogP contribution in [0.2, 0.25) is 0 Å². The lowest BCUT2D eigenvalue weighted by molar-refractivity contribution is 0.624. The topological polar surface area (TPSA) is 42.2 Å². The lowest BCUT2D eigenvalue weighted by atomic mass is 10.1. The molecule has 2 rings (SSSR count). The summed E-state index contributed by atoms with van der Waals surface area (Å²) < 4.78 is 13.4. The fraction of sp³-hybridized carbons (Fsp3) is 0.267. The zero-order chi connectivity index (χ0) is 13.7. The zero-order valence-electron chi connectivity index (χ0n) is 11.0. The lowest BCUT2D eigenvalue weighted by Gasteiger charge is -2.20. The molecular weight excluding hydrogens is 241 g/mol. The molecule has 0 amide bonds. The summed E-state index contributed by atoms with van der Waals surface area (Å²) in [6.45, 7) is 1.13. The Hall–Kier alpha value is -1.94. The number of rotatable bonds is 5. The Kier molecular flexibility index (Phi) is 4.47. The van der Waals surface area contributed by atoms with Gasteiger partial charge in [0.2, 0.25) is 0 Å². The monoisotopic (exact) mass is 259 g/mol. The second-order valence-electron chi connectivity index (χ2n) is 4.51. The molecule has 0 aliphatic carbocycles. The number of hydrogen-bond donors (Lipinski definition) is 1. The molecule has 2 aromatic rings. The third kappa shape index (κ3) is 3.76. The molecule has 1 aromatic heterocycles. The third-order valence-electron chi connectivity index (χ3n) is 3.05. The molecule has 0 aliphatic rings. The average Bonchev–Trinajstić information content (AvgIpc) is 2.45. The Labute approximate surface area is 112 Å². The number of likely N-dealkylation sites (N-methyl/N-ethyl adjacent to an activating group) is 1. The number of hydrogen-bond acceptors (Lipinski definition) is 3. The standard InChI is InChI=1S/C15H18FN3/c1-19(7-5-14-4-2-3-6-18-14)15-9-12(11-17)8-13(16)10-15/h2-4,6,8-10H,5,7,11,17H2,1H3. The molecule has 0 radical (unpaired) electrons. The van der Waals surface area contributed by atoms with Crippen molar-refractivity contribution in [3.05, 3.63) is 59.7 Å². The number of halogens is 1. The van der Waals surface area contributed by atoms with E-state index in [4.69, 9.17) is 5.73 Å². The minimum absolute atomic E-state index is 0.248. The molecule has 0 fully saturated rings. The zero-order valence-corrected chi connectivity index (χ0v) is 11.0. The highest BCUT2D eigenvalue weighted by Crippen LogP contribution is 2.17. The van der Waals surface area contributed by atoms with Gasteiger partial charge in [-0.3, -0.25) is 4.98 Å². The predicted octanol–water partition coefficient (Wildman–Crippen LogP) is 2.36. The first-order valence-electron chi connectivity index (χ1n) is 6.29. The van der Waals surface area contributed by atoms with Crippen molar-refractivity contribution >= 4 is 5.69 Å². The summed E-state index contributed by atoms with van der Waals surface area (Å²) >= 11 is 0. The van der Waals surface area contributed by atoms with Gasteiger partial charge in [-0.25, -0.2) is 4.39 Å². The second-order valence-corrected chi connectivity index (χ2v) is 4.51. The summed E-state index contributed by atoms with van der Waals surface area (Å²) in [6.07, 6.45) is 2.61. The number of anilines is 1. The molecule has 1 heterocycles. The van der Waals surface area contributed by atoms with Crippen molar-refractivity contribution in [1.29, 1.82) is 0 Å². The Morgan fingerprint density at radius 2 is 2.11 bits per heavy atom. The molecular formula is C15H18FN3. The first-order chi connectivity index (χ1) is 9.19. The molecule has 1 aromatic carbocycles. The highest BCUT2D eigenvalue weighted by molar-refractivity contribution is 5.48. The van der Waals surface area contributed by atoms with Gasteiger partial charge in [-0.05, 0) is 35.9 Å².